The number of pyridine rings is 1. The van der Waals surface area contributed by atoms with E-state index in [0.29, 0.717) is 0 Å². The van der Waals surface area contributed by atoms with Crippen molar-refractivity contribution in [3.05, 3.63) is 59.4 Å². The summed E-state index contributed by atoms with van der Waals surface area (Å²) < 4.78 is 0. The van der Waals surface area contributed by atoms with Gasteiger partial charge in [0.25, 0.3) is 0 Å². The summed E-state index contributed by atoms with van der Waals surface area (Å²) in [6.07, 6.45) is 3.93. The van der Waals surface area contributed by atoms with Gasteiger partial charge in [-0.1, -0.05) is 18.2 Å². The van der Waals surface area contributed by atoms with Crippen LogP contribution in [0.3, 0.4) is 0 Å². The molecule has 19 heavy (non-hydrogen) atoms. The number of rotatable bonds is 3. The van der Waals surface area contributed by atoms with E-state index >= 15 is 0 Å². The van der Waals surface area contributed by atoms with Crippen molar-refractivity contribution in [2.24, 2.45) is 0 Å². The highest BCUT2D eigenvalue weighted by atomic mass is 15.1. The number of aromatic nitrogens is 1. The fraction of sp³-hybridized carbons (Fsp3) is 0.312. The van der Waals surface area contributed by atoms with E-state index in [1.807, 2.05) is 18.3 Å². The van der Waals surface area contributed by atoms with E-state index in [1.165, 1.54) is 16.8 Å². The van der Waals surface area contributed by atoms with Gasteiger partial charge >= 0.3 is 0 Å². The Morgan fingerprint density at radius 2 is 2.11 bits per heavy atom. The molecular formula is C16H19N3. The average Bonchev–Trinajstić information content (AvgIpc) is 2.46. The van der Waals surface area contributed by atoms with Crippen LogP contribution in [0.5, 0.6) is 0 Å². The molecular weight excluding hydrogens is 234 g/mol. The topological polar surface area (TPSA) is 42.1 Å². The van der Waals surface area contributed by atoms with Gasteiger partial charge in [-0.25, -0.2) is 0 Å². The van der Waals surface area contributed by atoms with Crippen LogP contribution >= 0.6 is 0 Å². The number of nitrogens with two attached hydrogens (primary N) is 1. The van der Waals surface area contributed by atoms with Crippen LogP contribution < -0.4 is 5.73 Å². The Balaban J connectivity index is 1.63. The highest BCUT2D eigenvalue weighted by molar-refractivity contribution is 5.51. The molecule has 3 nitrogen and oxygen atoms in total. The van der Waals surface area contributed by atoms with E-state index in [9.17, 15) is 0 Å². The fourth-order valence-corrected chi connectivity index (χ4v) is 2.71. The molecule has 1 aromatic carbocycles. The minimum Gasteiger partial charge on any atom is -0.398 e. The molecule has 2 heterocycles. The first kappa shape index (κ1) is 12.2. The van der Waals surface area contributed by atoms with Gasteiger partial charge in [-0.05, 0) is 35.7 Å². The van der Waals surface area contributed by atoms with Crippen molar-refractivity contribution in [3.8, 4) is 0 Å². The second-order valence-electron chi connectivity index (χ2n) is 5.08. The van der Waals surface area contributed by atoms with Gasteiger partial charge in [0, 0.05) is 43.6 Å². The van der Waals surface area contributed by atoms with E-state index in [4.69, 9.17) is 5.73 Å². The maximum atomic E-state index is 6.02. The molecule has 0 radical (unpaired) electrons. The Kier molecular flexibility index (Phi) is 3.47. The van der Waals surface area contributed by atoms with Crippen LogP contribution in [0.2, 0.25) is 0 Å². The van der Waals surface area contributed by atoms with E-state index in [0.717, 1.165) is 38.2 Å². The number of nitrogen functional groups attached to an aromatic ring is 1. The van der Waals surface area contributed by atoms with Gasteiger partial charge in [0.2, 0.25) is 0 Å². The van der Waals surface area contributed by atoms with Crippen LogP contribution in [0.25, 0.3) is 0 Å². The van der Waals surface area contributed by atoms with Crippen LogP contribution in [0.1, 0.15) is 16.8 Å². The molecule has 3 rings (SSSR count). The van der Waals surface area contributed by atoms with Gasteiger partial charge in [0.15, 0.2) is 0 Å². The third-order valence-electron chi connectivity index (χ3n) is 3.79. The van der Waals surface area contributed by atoms with Crippen LogP contribution in [-0.2, 0) is 19.4 Å². The van der Waals surface area contributed by atoms with Crippen LogP contribution in [-0.4, -0.2) is 23.0 Å². The summed E-state index contributed by atoms with van der Waals surface area (Å²) in [7, 11) is 0. The van der Waals surface area contributed by atoms with E-state index in [2.05, 4.69) is 34.1 Å². The summed E-state index contributed by atoms with van der Waals surface area (Å²) in [4.78, 5) is 6.86. The lowest BCUT2D eigenvalue weighted by molar-refractivity contribution is 0.257. The lowest BCUT2D eigenvalue weighted by Gasteiger charge is -2.29. The smallest absolute Gasteiger partial charge is 0.0416 e. The maximum Gasteiger partial charge on any atom is 0.0416 e. The lowest BCUT2D eigenvalue weighted by atomic mass is 9.98. The number of nitrogens with zero attached hydrogens (tertiary/aromatic N) is 2. The molecule has 0 bridgehead atoms. The predicted octanol–water partition coefficient (Wildman–Crippen LogP) is 2.26. The molecule has 3 heteroatoms. The average molecular weight is 253 g/mol. The third kappa shape index (κ3) is 2.76. The molecule has 98 valence electrons. The molecule has 0 spiro atoms. The van der Waals surface area contributed by atoms with Crippen molar-refractivity contribution in [2.45, 2.75) is 19.4 Å². The minimum absolute atomic E-state index is 0.946. The van der Waals surface area contributed by atoms with Crippen molar-refractivity contribution >= 4 is 5.69 Å². The monoisotopic (exact) mass is 253 g/mol. The fourth-order valence-electron chi connectivity index (χ4n) is 2.71. The summed E-state index contributed by atoms with van der Waals surface area (Å²) >= 11 is 0. The van der Waals surface area contributed by atoms with Crippen LogP contribution in [0.15, 0.2) is 42.6 Å². The summed E-state index contributed by atoms with van der Waals surface area (Å²) in [6.45, 7) is 3.16. The van der Waals surface area contributed by atoms with Gasteiger partial charge in [-0.3, -0.25) is 9.88 Å². The Morgan fingerprint density at radius 1 is 1.16 bits per heavy atom. The maximum absolute atomic E-state index is 6.02. The van der Waals surface area contributed by atoms with Crippen molar-refractivity contribution < 1.29 is 0 Å². The van der Waals surface area contributed by atoms with E-state index in [-0.39, 0.29) is 0 Å². The first-order valence-electron chi connectivity index (χ1n) is 6.81. The van der Waals surface area contributed by atoms with Crippen LogP contribution in [0, 0.1) is 0 Å². The molecule has 0 saturated carbocycles. The standard InChI is InChI=1S/C16H19N3/c17-16-6-3-4-13-12-19(11-8-15(13)16)10-7-14-5-1-2-9-18-14/h1-6,9H,7-8,10-12,17H2. The number of fused-ring (bicyclic) bond motifs is 1. The number of benzene rings is 1. The summed E-state index contributed by atoms with van der Waals surface area (Å²) in [5.74, 6) is 0. The zero-order valence-electron chi connectivity index (χ0n) is 11.0. The third-order valence-corrected chi connectivity index (χ3v) is 3.79. The molecule has 1 aliphatic heterocycles. The molecule has 1 aliphatic rings. The summed E-state index contributed by atoms with van der Waals surface area (Å²) in [5.41, 5.74) is 10.9. The van der Waals surface area contributed by atoms with E-state index < -0.39 is 0 Å². The molecule has 0 fully saturated rings. The Morgan fingerprint density at radius 3 is 2.95 bits per heavy atom. The zero-order valence-corrected chi connectivity index (χ0v) is 11.0. The molecule has 1 aromatic heterocycles. The molecule has 0 aliphatic carbocycles. The Labute approximate surface area is 114 Å². The van der Waals surface area contributed by atoms with Gasteiger partial charge in [0.05, 0.1) is 0 Å². The number of hydrogen-bond donors (Lipinski definition) is 1. The van der Waals surface area contributed by atoms with Crippen molar-refractivity contribution in [2.75, 3.05) is 18.8 Å². The molecule has 0 atom stereocenters. The SMILES string of the molecule is Nc1cccc2c1CCN(CCc1ccccn1)C2. The first-order valence-corrected chi connectivity index (χ1v) is 6.81. The van der Waals surface area contributed by atoms with Gasteiger partial charge in [0.1, 0.15) is 0 Å². The predicted molar refractivity (Wildman–Crippen MR) is 77.8 cm³/mol. The molecule has 0 amide bonds. The molecule has 2 aromatic rings. The zero-order chi connectivity index (χ0) is 13.1. The van der Waals surface area contributed by atoms with E-state index in [1.54, 1.807) is 0 Å². The first-order chi connectivity index (χ1) is 9.33. The van der Waals surface area contributed by atoms with Crippen LogP contribution in [0.4, 0.5) is 5.69 Å². The van der Waals surface area contributed by atoms with Crippen molar-refractivity contribution in [3.63, 3.8) is 0 Å². The molecule has 0 unspecified atom stereocenters. The lowest BCUT2D eigenvalue weighted by Crippen LogP contribution is -2.32. The summed E-state index contributed by atoms with van der Waals surface area (Å²) in [5, 5.41) is 0. The van der Waals surface area contributed by atoms with Gasteiger partial charge in [-0.2, -0.15) is 0 Å². The number of hydrogen-bond acceptors (Lipinski definition) is 3. The van der Waals surface area contributed by atoms with Gasteiger partial charge in [-0.15, -0.1) is 0 Å². The quantitative estimate of drug-likeness (QED) is 0.853. The summed E-state index contributed by atoms with van der Waals surface area (Å²) in [6, 6.07) is 12.4. The van der Waals surface area contributed by atoms with Crippen molar-refractivity contribution in [1.29, 1.82) is 0 Å². The largest absolute Gasteiger partial charge is 0.398 e. The normalized spacial score (nSPS) is 15.2. The Hall–Kier alpha value is -1.87. The molecule has 2 N–H and O–H groups in total. The highest BCUT2D eigenvalue weighted by Crippen LogP contribution is 2.23. The Bertz CT molecular complexity index is 551. The number of anilines is 1. The minimum atomic E-state index is 0.946. The highest BCUT2D eigenvalue weighted by Gasteiger charge is 2.17. The van der Waals surface area contributed by atoms with Crippen molar-refractivity contribution in [1.82, 2.24) is 9.88 Å². The second-order valence-corrected chi connectivity index (χ2v) is 5.08. The van der Waals surface area contributed by atoms with Gasteiger partial charge < -0.3 is 5.73 Å². The second kappa shape index (κ2) is 5.41. The molecule has 0 saturated heterocycles.